The Hall–Kier alpha value is -1.46. The summed E-state index contributed by atoms with van der Waals surface area (Å²) in [5, 5.41) is 28.2. The Morgan fingerprint density at radius 1 is 1.31 bits per heavy atom. The van der Waals surface area contributed by atoms with Crippen molar-refractivity contribution in [1.29, 1.82) is 0 Å². The quantitative estimate of drug-likeness (QED) is 0.296. The van der Waals surface area contributed by atoms with Crippen molar-refractivity contribution in [3.05, 3.63) is 18.2 Å². The highest BCUT2D eigenvalue weighted by molar-refractivity contribution is 5.59. The number of hydrogen-bond donors (Lipinski definition) is 4. The van der Waals surface area contributed by atoms with Crippen LogP contribution < -0.4 is 10.9 Å². The third kappa shape index (κ3) is 2.24. The fourth-order valence-corrected chi connectivity index (χ4v) is 0.970. The first-order valence-electron chi connectivity index (χ1n) is 3.80. The summed E-state index contributed by atoms with van der Waals surface area (Å²) in [6.07, 6.45) is 0. The lowest BCUT2D eigenvalue weighted by Gasteiger charge is -2.18. The van der Waals surface area contributed by atoms with E-state index < -0.39 is 0 Å². The van der Waals surface area contributed by atoms with E-state index in [9.17, 15) is 5.11 Å². The second kappa shape index (κ2) is 3.97. The number of hydrogen-bond acceptors (Lipinski definition) is 5. The fraction of sp³-hybridized carbons (Fsp3) is 0.250. The van der Waals surface area contributed by atoms with Gasteiger partial charge in [-0.3, -0.25) is 0 Å². The number of benzene rings is 1. The largest absolute Gasteiger partial charge is 0.508 e. The molecule has 0 aliphatic rings. The zero-order chi connectivity index (χ0) is 9.84. The van der Waals surface area contributed by atoms with Crippen molar-refractivity contribution in [3.63, 3.8) is 0 Å². The van der Waals surface area contributed by atoms with E-state index in [0.717, 1.165) is 5.01 Å². The lowest BCUT2D eigenvalue weighted by molar-refractivity contribution is 0.302. The molecule has 0 saturated heterocycles. The normalized spacial score (nSPS) is 10.0. The van der Waals surface area contributed by atoms with Crippen LogP contribution in [0, 0.1) is 0 Å². The summed E-state index contributed by atoms with van der Waals surface area (Å²) in [5.41, 5.74) is 0.286. The summed E-state index contributed by atoms with van der Waals surface area (Å²) in [4.78, 5) is 0. The number of hydrazine groups is 1. The molecule has 0 unspecified atom stereocenters. The molecule has 0 amide bonds. The van der Waals surface area contributed by atoms with Crippen LogP contribution in [0.1, 0.15) is 0 Å². The number of anilines is 1. The minimum Gasteiger partial charge on any atom is -0.508 e. The van der Waals surface area contributed by atoms with Crippen LogP contribution in [0.5, 0.6) is 11.5 Å². The summed E-state index contributed by atoms with van der Waals surface area (Å²) in [5.74, 6) is 5.46. The van der Waals surface area contributed by atoms with Gasteiger partial charge in [0.1, 0.15) is 11.5 Å². The van der Waals surface area contributed by atoms with E-state index in [1.165, 1.54) is 18.2 Å². The van der Waals surface area contributed by atoms with Gasteiger partial charge < -0.3 is 20.3 Å². The Balaban J connectivity index is 2.91. The number of nitrogens with two attached hydrogens (primary N) is 1. The minimum absolute atomic E-state index is 0.0150. The van der Waals surface area contributed by atoms with Crippen molar-refractivity contribution < 1.29 is 15.3 Å². The summed E-state index contributed by atoms with van der Waals surface area (Å²) in [6, 6.07) is 4.01. The molecule has 0 bridgehead atoms. The van der Waals surface area contributed by atoms with E-state index in [-0.39, 0.29) is 30.3 Å². The average molecular weight is 184 g/mol. The molecular weight excluding hydrogens is 172 g/mol. The van der Waals surface area contributed by atoms with E-state index in [0.29, 0.717) is 0 Å². The van der Waals surface area contributed by atoms with Gasteiger partial charge in [-0.15, -0.1) is 0 Å². The molecule has 0 aliphatic heterocycles. The highest BCUT2D eigenvalue weighted by atomic mass is 16.3. The van der Waals surface area contributed by atoms with Gasteiger partial charge in [-0.05, 0) is 12.1 Å². The monoisotopic (exact) mass is 184 g/mol. The Morgan fingerprint density at radius 3 is 2.62 bits per heavy atom. The molecular formula is C8H12N2O3. The maximum atomic E-state index is 9.32. The number of phenolic OH excluding ortho intramolecular Hbond substituents is 2. The van der Waals surface area contributed by atoms with Crippen LogP contribution in [0.3, 0.4) is 0 Å². The van der Waals surface area contributed by atoms with Crippen molar-refractivity contribution in [2.75, 3.05) is 18.2 Å². The third-order valence-corrected chi connectivity index (χ3v) is 1.61. The zero-order valence-electron chi connectivity index (χ0n) is 7.01. The third-order valence-electron chi connectivity index (χ3n) is 1.61. The van der Waals surface area contributed by atoms with Crippen LogP contribution >= 0.6 is 0 Å². The number of aromatic hydroxyl groups is 2. The Morgan fingerprint density at radius 2 is 2.00 bits per heavy atom. The molecule has 0 aromatic heterocycles. The van der Waals surface area contributed by atoms with E-state index in [4.69, 9.17) is 16.1 Å². The topological polar surface area (TPSA) is 90.0 Å². The van der Waals surface area contributed by atoms with Crippen molar-refractivity contribution in [2.45, 2.75) is 0 Å². The first-order chi connectivity index (χ1) is 6.15. The van der Waals surface area contributed by atoms with Gasteiger partial charge in [-0.25, -0.2) is 5.84 Å². The Kier molecular flexibility index (Phi) is 2.94. The van der Waals surface area contributed by atoms with Gasteiger partial charge in [0.05, 0.1) is 18.8 Å². The lowest BCUT2D eigenvalue weighted by atomic mass is 10.2. The second-order valence-corrected chi connectivity index (χ2v) is 2.59. The Labute approximate surface area is 75.6 Å². The summed E-state index contributed by atoms with van der Waals surface area (Å²) in [7, 11) is 0. The molecule has 13 heavy (non-hydrogen) atoms. The van der Waals surface area contributed by atoms with E-state index in [2.05, 4.69) is 0 Å². The van der Waals surface area contributed by atoms with Crippen LogP contribution in [0.25, 0.3) is 0 Å². The number of nitrogens with zero attached hydrogens (tertiary/aromatic N) is 1. The highest BCUT2D eigenvalue weighted by Crippen LogP contribution is 2.28. The molecule has 0 fully saturated rings. The number of aliphatic hydroxyl groups excluding tert-OH is 1. The van der Waals surface area contributed by atoms with E-state index >= 15 is 0 Å². The second-order valence-electron chi connectivity index (χ2n) is 2.59. The van der Waals surface area contributed by atoms with Gasteiger partial charge in [-0.1, -0.05) is 0 Å². The highest BCUT2D eigenvalue weighted by Gasteiger charge is 2.07. The lowest BCUT2D eigenvalue weighted by Crippen LogP contribution is -2.33. The maximum absolute atomic E-state index is 9.32. The number of phenols is 2. The first-order valence-corrected chi connectivity index (χ1v) is 3.80. The molecule has 1 rings (SSSR count). The molecule has 0 atom stereocenters. The van der Waals surface area contributed by atoms with Gasteiger partial charge in [0.25, 0.3) is 0 Å². The van der Waals surface area contributed by atoms with Crippen LogP contribution in [-0.2, 0) is 0 Å². The molecule has 72 valence electrons. The molecule has 5 nitrogen and oxygen atoms in total. The van der Waals surface area contributed by atoms with Gasteiger partial charge in [0.15, 0.2) is 0 Å². The van der Waals surface area contributed by atoms with Crippen LogP contribution in [0.15, 0.2) is 18.2 Å². The predicted octanol–water partition coefficient (Wildman–Crippen LogP) is -0.230. The Bertz CT molecular complexity index is 291. The summed E-state index contributed by atoms with van der Waals surface area (Å²) >= 11 is 0. The zero-order valence-corrected chi connectivity index (χ0v) is 7.01. The van der Waals surface area contributed by atoms with Gasteiger partial charge in [-0.2, -0.15) is 0 Å². The predicted molar refractivity (Wildman–Crippen MR) is 48.4 cm³/mol. The number of rotatable bonds is 3. The summed E-state index contributed by atoms with van der Waals surface area (Å²) < 4.78 is 0. The fourth-order valence-electron chi connectivity index (χ4n) is 0.970. The van der Waals surface area contributed by atoms with E-state index in [1.807, 2.05) is 0 Å². The molecule has 1 aromatic carbocycles. The minimum atomic E-state index is -0.119. The van der Waals surface area contributed by atoms with Crippen molar-refractivity contribution in [2.24, 2.45) is 5.84 Å². The molecule has 0 aliphatic carbocycles. The van der Waals surface area contributed by atoms with Gasteiger partial charge in [0, 0.05) is 6.07 Å². The maximum Gasteiger partial charge on any atom is 0.140 e. The number of aliphatic hydroxyl groups is 1. The van der Waals surface area contributed by atoms with Crippen LogP contribution in [0.4, 0.5) is 5.69 Å². The average Bonchev–Trinajstić information content (AvgIpc) is 2.09. The van der Waals surface area contributed by atoms with Crippen molar-refractivity contribution in [3.8, 4) is 11.5 Å². The molecule has 0 spiro atoms. The molecule has 5 N–H and O–H groups in total. The first kappa shape index (κ1) is 9.63. The van der Waals surface area contributed by atoms with E-state index in [1.54, 1.807) is 0 Å². The standard InChI is InChI=1S/C8H12N2O3/c9-10(3-4-11)7-5-6(12)1-2-8(7)13/h1-2,5,11-13H,3-4,9H2. The smallest absolute Gasteiger partial charge is 0.140 e. The SMILES string of the molecule is NN(CCO)c1cc(O)ccc1O. The van der Waals surface area contributed by atoms with Crippen molar-refractivity contribution in [1.82, 2.24) is 0 Å². The summed E-state index contributed by atoms with van der Waals surface area (Å²) in [6.45, 7) is 0.0720. The van der Waals surface area contributed by atoms with Gasteiger partial charge in [0.2, 0.25) is 0 Å². The van der Waals surface area contributed by atoms with Crippen molar-refractivity contribution >= 4 is 5.69 Å². The van der Waals surface area contributed by atoms with Crippen LogP contribution in [0.2, 0.25) is 0 Å². The molecule has 1 aromatic rings. The van der Waals surface area contributed by atoms with Gasteiger partial charge >= 0.3 is 0 Å². The molecule has 0 heterocycles. The molecule has 0 radical (unpaired) electrons. The molecule has 5 heteroatoms. The molecule has 0 saturated carbocycles. The van der Waals surface area contributed by atoms with Crippen LogP contribution in [-0.4, -0.2) is 28.5 Å².